The summed E-state index contributed by atoms with van der Waals surface area (Å²) in [5.74, 6) is -0.0233. The Kier molecular flexibility index (Phi) is 4.91. The van der Waals surface area contributed by atoms with E-state index in [9.17, 15) is 4.79 Å². The second-order valence-corrected chi connectivity index (χ2v) is 4.94. The SMILES string of the molecule is Cc1ccc(NC(=O)C(C)NCc2ccccc2)cc1. The molecule has 0 spiro atoms. The van der Waals surface area contributed by atoms with E-state index in [1.807, 2.05) is 68.4 Å². The van der Waals surface area contributed by atoms with Crippen LogP contribution in [-0.4, -0.2) is 11.9 Å². The third kappa shape index (κ3) is 4.21. The standard InChI is InChI=1S/C17H20N2O/c1-13-8-10-16(11-9-13)19-17(20)14(2)18-12-15-6-4-3-5-7-15/h3-11,14,18H,12H2,1-2H3,(H,19,20). The minimum atomic E-state index is -0.239. The summed E-state index contributed by atoms with van der Waals surface area (Å²) >= 11 is 0. The third-order valence-electron chi connectivity index (χ3n) is 3.17. The number of carbonyl (C=O) groups excluding carboxylic acids is 1. The lowest BCUT2D eigenvalue weighted by Crippen LogP contribution is -2.37. The van der Waals surface area contributed by atoms with Gasteiger partial charge in [0.05, 0.1) is 6.04 Å². The maximum absolute atomic E-state index is 12.0. The molecule has 1 amide bonds. The lowest BCUT2D eigenvalue weighted by molar-refractivity contribution is -0.117. The predicted molar refractivity (Wildman–Crippen MR) is 82.6 cm³/mol. The molecule has 0 aliphatic carbocycles. The molecule has 0 heterocycles. The Hall–Kier alpha value is -2.13. The van der Waals surface area contributed by atoms with Crippen LogP contribution in [0, 0.1) is 6.92 Å². The van der Waals surface area contributed by atoms with Crippen LogP contribution in [-0.2, 0) is 11.3 Å². The number of hydrogen-bond donors (Lipinski definition) is 2. The molecule has 2 aromatic rings. The van der Waals surface area contributed by atoms with Gasteiger partial charge in [-0.3, -0.25) is 4.79 Å². The highest BCUT2D eigenvalue weighted by atomic mass is 16.2. The van der Waals surface area contributed by atoms with Gasteiger partial charge in [0, 0.05) is 12.2 Å². The maximum atomic E-state index is 12.0. The molecule has 2 N–H and O–H groups in total. The first kappa shape index (κ1) is 14.3. The van der Waals surface area contributed by atoms with Crippen LogP contribution < -0.4 is 10.6 Å². The van der Waals surface area contributed by atoms with Crippen LogP contribution in [0.25, 0.3) is 0 Å². The number of hydrogen-bond acceptors (Lipinski definition) is 2. The molecule has 2 rings (SSSR count). The molecule has 0 bridgehead atoms. The van der Waals surface area contributed by atoms with Crippen LogP contribution in [0.4, 0.5) is 5.69 Å². The molecule has 0 fully saturated rings. The van der Waals surface area contributed by atoms with Crippen molar-refractivity contribution in [3.05, 3.63) is 65.7 Å². The highest BCUT2D eigenvalue weighted by molar-refractivity contribution is 5.94. The summed E-state index contributed by atoms with van der Waals surface area (Å²) in [6.45, 7) is 4.57. The van der Waals surface area contributed by atoms with E-state index in [4.69, 9.17) is 0 Å². The molecule has 2 aromatic carbocycles. The van der Waals surface area contributed by atoms with Gasteiger partial charge in [-0.1, -0.05) is 48.0 Å². The molecule has 3 heteroatoms. The summed E-state index contributed by atoms with van der Waals surface area (Å²) in [5, 5.41) is 6.12. The summed E-state index contributed by atoms with van der Waals surface area (Å²) in [6.07, 6.45) is 0. The minimum absolute atomic E-state index is 0.0233. The Bertz CT molecular complexity index is 549. The van der Waals surface area contributed by atoms with Crippen molar-refractivity contribution >= 4 is 11.6 Å². The first-order valence-electron chi connectivity index (χ1n) is 6.80. The number of nitrogens with one attached hydrogen (secondary N) is 2. The summed E-state index contributed by atoms with van der Waals surface area (Å²) in [7, 11) is 0. The third-order valence-corrected chi connectivity index (χ3v) is 3.17. The maximum Gasteiger partial charge on any atom is 0.241 e. The van der Waals surface area contributed by atoms with Crippen molar-refractivity contribution in [1.82, 2.24) is 5.32 Å². The van der Waals surface area contributed by atoms with Gasteiger partial charge in [0.1, 0.15) is 0 Å². The molecule has 20 heavy (non-hydrogen) atoms. The van der Waals surface area contributed by atoms with Crippen LogP contribution in [0.15, 0.2) is 54.6 Å². The second kappa shape index (κ2) is 6.87. The normalized spacial score (nSPS) is 11.9. The van der Waals surface area contributed by atoms with Gasteiger partial charge < -0.3 is 10.6 Å². The lowest BCUT2D eigenvalue weighted by atomic mass is 10.2. The monoisotopic (exact) mass is 268 g/mol. The highest BCUT2D eigenvalue weighted by Gasteiger charge is 2.11. The fourth-order valence-corrected chi connectivity index (χ4v) is 1.85. The fraction of sp³-hybridized carbons (Fsp3) is 0.235. The molecule has 104 valence electrons. The molecule has 3 nitrogen and oxygen atoms in total. The van der Waals surface area contributed by atoms with Gasteiger partial charge in [-0.15, -0.1) is 0 Å². The van der Waals surface area contributed by atoms with Crippen LogP contribution in [0.1, 0.15) is 18.1 Å². The minimum Gasteiger partial charge on any atom is -0.325 e. The first-order chi connectivity index (χ1) is 9.65. The zero-order valence-corrected chi connectivity index (χ0v) is 11.9. The zero-order valence-electron chi connectivity index (χ0n) is 11.9. The van der Waals surface area contributed by atoms with Crippen molar-refractivity contribution in [2.24, 2.45) is 0 Å². The molecule has 0 saturated carbocycles. The Labute approximate surface area is 120 Å². The van der Waals surface area contributed by atoms with Gasteiger partial charge in [0.25, 0.3) is 0 Å². The van der Waals surface area contributed by atoms with Crippen LogP contribution in [0.2, 0.25) is 0 Å². The lowest BCUT2D eigenvalue weighted by Gasteiger charge is -2.14. The van der Waals surface area contributed by atoms with Crippen molar-refractivity contribution in [3.8, 4) is 0 Å². The van der Waals surface area contributed by atoms with Gasteiger partial charge in [-0.25, -0.2) is 0 Å². The Morgan fingerprint density at radius 2 is 1.70 bits per heavy atom. The average molecular weight is 268 g/mol. The number of amides is 1. The molecule has 1 atom stereocenters. The number of aryl methyl sites for hydroxylation is 1. The smallest absolute Gasteiger partial charge is 0.241 e. The van der Waals surface area contributed by atoms with Crippen LogP contribution >= 0.6 is 0 Å². The van der Waals surface area contributed by atoms with Gasteiger partial charge in [0.2, 0.25) is 5.91 Å². The van der Waals surface area contributed by atoms with Gasteiger partial charge >= 0.3 is 0 Å². The van der Waals surface area contributed by atoms with E-state index in [2.05, 4.69) is 10.6 Å². The summed E-state index contributed by atoms with van der Waals surface area (Å²) in [6, 6.07) is 17.6. The average Bonchev–Trinajstić information content (AvgIpc) is 2.48. The van der Waals surface area contributed by atoms with E-state index in [1.54, 1.807) is 0 Å². The first-order valence-corrected chi connectivity index (χ1v) is 6.80. The second-order valence-electron chi connectivity index (χ2n) is 4.94. The zero-order chi connectivity index (χ0) is 14.4. The molecule has 0 aromatic heterocycles. The molecule has 0 radical (unpaired) electrons. The Balaban J connectivity index is 1.84. The van der Waals surface area contributed by atoms with E-state index < -0.39 is 0 Å². The molecular formula is C17H20N2O. The molecule has 1 unspecified atom stereocenters. The topological polar surface area (TPSA) is 41.1 Å². The van der Waals surface area contributed by atoms with E-state index >= 15 is 0 Å². The van der Waals surface area contributed by atoms with E-state index in [0.717, 1.165) is 5.69 Å². The quantitative estimate of drug-likeness (QED) is 0.875. The van der Waals surface area contributed by atoms with E-state index in [0.29, 0.717) is 6.54 Å². The Morgan fingerprint density at radius 3 is 2.35 bits per heavy atom. The number of rotatable bonds is 5. The van der Waals surface area contributed by atoms with Gasteiger partial charge in [-0.05, 0) is 31.5 Å². The van der Waals surface area contributed by atoms with Crippen LogP contribution in [0.3, 0.4) is 0 Å². The number of carbonyl (C=O) groups is 1. The predicted octanol–water partition coefficient (Wildman–Crippen LogP) is 3.11. The van der Waals surface area contributed by atoms with Crippen molar-refractivity contribution in [2.75, 3.05) is 5.32 Å². The molecule has 0 aliphatic rings. The van der Waals surface area contributed by atoms with Crippen molar-refractivity contribution in [1.29, 1.82) is 0 Å². The number of anilines is 1. The van der Waals surface area contributed by atoms with Crippen molar-refractivity contribution in [2.45, 2.75) is 26.4 Å². The fourth-order valence-electron chi connectivity index (χ4n) is 1.85. The molecular weight excluding hydrogens is 248 g/mol. The molecule has 0 aliphatic heterocycles. The molecule has 0 saturated heterocycles. The summed E-state index contributed by atoms with van der Waals surface area (Å²) in [4.78, 5) is 12.0. The van der Waals surface area contributed by atoms with Crippen molar-refractivity contribution < 1.29 is 4.79 Å². The summed E-state index contributed by atoms with van der Waals surface area (Å²) < 4.78 is 0. The number of benzene rings is 2. The Morgan fingerprint density at radius 1 is 1.05 bits per heavy atom. The largest absolute Gasteiger partial charge is 0.325 e. The van der Waals surface area contributed by atoms with E-state index in [1.165, 1.54) is 11.1 Å². The van der Waals surface area contributed by atoms with Gasteiger partial charge in [-0.2, -0.15) is 0 Å². The van der Waals surface area contributed by atoms with Gasteiger partial charge in [0.15, 0.2) is 0 Å². The van der Waals surface area contributed by atoms with Crippen molar-refractivity contribution in [3.63, 3.8) is 0 Å². The van der Waals surface area contributed by atoms with Crippen LogP contribution in [0.5, 0.6) is 0 Å². The summed E-state index contributed by atoms with van der Waals surface area (Å²) in [5.41, 5.74) is 3.18. The highest BCUT2D eigenvalue weighted by Crippen LogP contribution is 2.09. The van der Waals surface area contributed by atoms with E-state index in [-0.39, 0.29) is 11.9 Å².